The van der Waals surface area contributed by atoms with Gasteiger partial charge in [-0.2, -0.15) is 4.98 Å². The minimum absolute atomic E-state index is 0. The fraction of sp³-hybridized carbons (Fsp3) is 0.438. The van der Waals surface area contributed by atoms with Gasteiger partial charge in [-0.1, -0.05) is 17.3 Å². The number of nitrogens with one attached hydrogen (secondary N) is 2. The van der Waals surface area contributed by atoms with E-state index in [1.165, 1.54) is 0 Å². The van der Waals surface area contributed by atoms with Gasteiger partial charge >= 0.3 is 0 Å². The van der Waals surface area contributed by atoms with E-state index in [4.69, 9.17) is 9.26 Å². The van der Waals surface area contributed by atoms with E-state index in [-0.39, 0.29) is 18.3 Å². The SMILES string of the molecule is COc1cccc(-c2noc(C(C)NC(=O)C3CC(O)CN3)n2)c1.Cl. The van der Waals surface area contributed by atoms with Crippen LogP contribution in [0.15, 0.2) is 28.8 Å². The van der Waals surface area contributed by atoms with Crippen molar-refractivity contribution in [1.82, 2.24) is 20.8 Å². The van der Waals surface area contributed by atoms with Gasteiger partial charge in [0.15, 0.2) is 0 Å². The van der Waals surface area contributed by atoms with E-state index < -0.39 is 18.2 Å². The number of halogens is 1. The van der Waals surface area contributed by atoms with Crippen LogP contribution in [-0.2, 0) is 4.79 Å². The summed E-state index contributed by atoms with van der Waals surface area (Å²) in [6, 6.07) is 6.50. The summed E-state index contributed by atoms with van der Waals surface area (Å²) in [5.74, 6) is 1.25. The number of hydrogen-bond donors (Lipinski definition) is 3. The molecule has 0 radical (unpaired) electrons. The highest BCUT2D eigenvalue weighted by molar-refractivity contribution is 5.85. The molecule has 1 aliphatic rings. The molecular weight excluding hydrogens is 348 g/mol. The molecule has 1 fully saturated rings. The number of hydrogen-bond acceptors (Lipinski definition) is 7. The fourth-order valence-electron chi connectivity index (χ4n) is 2.58. The molecule has 1 aromatic carbocycles. The number of methoxy groups -OCH3 is 1. The van der Waals surface area contributed by atoms with Crippen molar-refractivity contribution < 1.29 is 19.2 Å². The molecule has 3 N–H and O–H groups in total. The molecule has 1 aliphatic heterocycles. The Morgan fingerprint density at radius 2 is 2.32 bits per heavy atom. The van der Waals surface area contributed by atoms with Crippen LogP contribution >= 0.6 is 12.4 Å². The van der Waals surface area contributed by atoms with Crippen LogP contribution in [0, 0.1) is 0 Å². The summed E-state index contributed by atoms with van der Waals surface area (Å²) >= 11 is 0. The number of aliphatic hydroxyl groups is 1. The monoisotopic (exact) mass is 368 g/mol. The molecule has 0 aliphatic carbocycles. The van der Waals surface area contributed by atoms with Crippen LogP contribution in [0.25, 0.3) is 11.4 Å². The Morgan fingerprint density at radius 3 is 3.00 bits per heavy atom. The van der Waals surface area contributed by atoms with E-state index >= 15 is 0 Å². The Bertz CT molecular complexity index is 724. The Balaban J connectivity index is 0.00000225. The molecule has 3 rings (SSSR count). The van der Waals surface area contributed by atoms with Crippen molar-refractivity contribution in [2.24, 2.45) is 0 Å². The third kappa shape index (κ3) is 4.47. The average Bonchev–Trinajstić information content (AvgIpc) is 3.24. The Labute approximate surface area is 151 Å². The van der Waals surface area contributed by atoms with Crippen LogP contribution < -0.4 is 15.4 Å². The first kappa shape index (κ1) is 19.2. The first-order valence-electron chi connectivity index (χ1n) is 7.76. The number of rotatable bonds is 5. The summed E-state index contributed by atoms with van der Waals surface area (Å²) < 4.78 is 10.4. The quantitative estimate of drug-likeness (QED) is 0.724. The van der Waals surface area contributed by atoms with E-state index in [0.29, 0.717) is 30.4 Å². The molecule has 136 valence electrons. The highest BCUT2D eigenvalue weighted by atomic mass is 35.5. The van der Waals surface area contributed by atoms with E-state index in [2.05, 4.69) is 20.8 Å². The molecular formula is C16H21ClN4O4. The number of benzene rings is 1. The van der Waals surface area contributed by atoms with Crippen molar-refractivity contribution in [3.8, 4) is 17.1 Å². The third-order valence-corrected chi connectivity index (χ3v) is 3.92. The van der Waals surface area contributed by atoms with E-state index in [1.54, 1.807) is 14.0 Å². The highest BCUT2D eigenvalue weighted by Crippen LogP contribution is 2.22. The lowest BCUT2D eigenvalue weighted by molar-refractivity contribution is -0.123. The Kier molecular flexibility index (Phi) is 6.35. The van der Waals surface area contributed by atoms with Crippen LogP contribution in [0.5, 0.6) is 5.75 Å². The first-order valence-corrected chi connectivity index (χ1v) is 7.76. The highest BCUT2D eigenvalue weighted by Gasteiger charge is 2.29. The van der Waals surface area contributed by atoms with Crippen molar-refractivity contribution in [3.05, 3.63) is 30.2 Å². The maximum Gasteiger partial charge on any atom is 0.249 e. The number of β-amino-alcohol motifs (C(OH)–C–C–N with tert-alkyl or cyclic N) is 1. The number of aliphatic hydroxyl groups excluding tert-OH is 1. The van der Waals surface area contributed by atoms with Crippen LogP contribution in [0.1, 0.15) is 25.3 Å². The standard InChI is InChI=1S/C16H20N4O4.ClH/c1-9(18-15(22)13-7-11(21)8-17-13)16-19-14(20-24-16)10-4-3-5-12(6-10)23-2;/h3-6,9,11,13,17,21H,7-8H2,1-2H3,(H,18,22);1H. The predicted octanol–water partition coefficient (Wildman–Crippen LogP) is 1.07. The van der Waals surface area contributed by atoms with Crippen molar-refractivity contribution in [2.75, 3.05) is 13.7 Å². The smallest absolute Gasteiger partial charge is 0.249 e. The van der Waals surface area contributed by atoms with E-state index in [1.807, 2.05) is 24.3 Å². The molecule has 9 heteroatoms. The number of ether oxygens (including phenoxy) is 1. The Hall–Kier alpha value is -2.16. The average molecular weight is 369 g/mol. The van der Waals surface area contributed by atoms with Gasteiger partial charge in [0.25, 0.3) is 0 Å². The van der Waals surface area contributed by atoms with Crippen molar-refractivity contribution in [3.63, 3.8) is 0 Å². The Morgan fingerprint density at radius 1 is 1.52 bits per heavy atom. The molecule has 2 aromatic rings. The normalized spacial score (nSPS) is 20.6. The van der Waals surface area contributed by atoms with Gasteiger partial charge in [0.2, 0.25) is 17.6 Å². The largest absolute Gasteiger partial charge is 0.497 e. The molecule has 0 spiro atoms. The number of carbonyl (C=O) groups is 1. The first-order chi connectivity index (χ1) is 11.6. The van der Waals surface area contributed by atoms with Gasteiger partial charge in [-0.25, -0.2) is 0 Å². The summed E-state index contributed by atoms with van der Waals surface area (Å²) in [5, 5.41) is 19.2. The molecule has 0 saturated carbocycles. The van der Waals surface area contributed by atoms with Gasteiger partial charge in [-0.3, -0.25) is 4.79 Å². The zero-order valence-corrected chi connectivity index (χ0v) is 14.7. The summed E-state index contributed by atoms with van der Waals surface area (Å²) in [6.07, 6.45) is -0.0867. The van der Waals surface area contributed by atoms with Crippen LogP contribution in [0.4, 0.5) is 0 Å². The van der Waals surface area contributed by atoms with Crippen LogP contribution in [0.2, 0.25) is 0 Å². The lowest BCUT2D eigenvalue weighted by Gasteiger charge is -2.14. The predicted molar refractivity (Wildman–Crippen MR) is 92.5 cm³/mol. The topological polar surface area (TPSA) is 110 Å². The second-order valence-electron chi connectivity index (χ2n) is 5.77. The summed E-state index contributed by atoms with van der Waals surface area (Å²) in [6.45, 7) is 2.19. The van der Waals surface area contributed by atoms with Gasteiger partial charge in [-0.05, 0) is 25.5 Å². The molecule has 1 saturated heterocycles. The number of aromatic nitrogens is 2. The van der Waals surface area contributed by atoms with Gasteiger partial charge in [0, 0.05) is 12.1 Å². The molecule has 3 atom stereocenters. The number of nitrogens with zero attached hydrogens (tertiary/aromatic N) is 2. The van der Waals surface area contributed by atoms with E-state index in [9.17, 15) is 9.90 Å². The van der Waals surface area contributed by atoms with Crippen LogP contribution in [0.3, 0.4) is 0 Å². The third-order valence-electron chi connectivity index (χ3n) is 3.92. The minimum atomic E-state index is -0.487. The lowest BCUT2D eigenvalue weighted by Crippen LogP contribution is -2.41. The maximum absolute atomic E-state index is 12.1. The van der Waals surface area contributed by atoms with E-state index in [0.717, 1.165) is 5.56 Å². The maximum atomic E-state index is 12.1. The number of carbonyl (C=O) groups excluding carboxylic acids is 1. The van der Waals surface area contributed by atoms with Gasteiger partial charge in [-0.15, -0.1) is 12.4 Å². The zero-order valence-electron chi connectivity index (χ0n) is 13.9. The minimum Gasteiger partial charge on any atom is -0.497 e. The van der Waals surface area contributed by atoms with Crippen LogP contribution in [-0.4, -0.2) is 47.0 Å². The van der Waals surface area contributed by atoms with Crippen molar-refractivity contribution in [1.29, 1.82) is 0 Å². The van der Waals surface area contributed by atoms with Crippen molar-refractivity contribution >= 4 is 18.3 Å². The fourth-order valence-corrected chi connectivity index (χ4v) is 2.58. The summed E-state index contributed by atoms with van der Waals surface area (Å²) in [4.78, 5) is 16.5. The molecule has 1 aromatic heterocycles. The zero-order chi connectivity index (χ0) is 17.1. The lowest BCUT2D eigenvalue weighted by atomic mass is 10.2. The molecule has 2 heterocycles. The second-order valence-corrected chi connectivity index (χ2v) is 5.77. The summed E-state index contributed by atoms with van der Waals surface area (Å²) in [7, 11) is 1.59. The second kappa shape index (κ2) is 8.28. The molecule has 25 heavy (non-hydrogen) atoms. The van der Waals surface area contributed by atoms with Gasteiger partial charge in [0.1, 0.15) is 11.8 Å². The summed E-state index contributed by atoms with van der Waals surface area (Å²) in [5.41, 5.74) is 0.767. The van der Waals surface area contributed by atoms with Gasteiger partial charge < -0.3 is 25.0 Å². The molecule has 3 unspecified atom stereocenters. The van der Waals surface area contributed by atoms with Gasteiger partial charge in [0.05, 0.1) is 19.3 Å². The molecule has 1 amide bonds. The van der Waals surface area contributed by atoms with Crippen molar-refractivity contribution in [2.45, 2.75) is 31.5 Å². The number of amides is 1. The molecule has 0 bridgehead atoms. The molecule has 8 nitrogen and oxygen atoms in total.